The highest BCUT2D eigenvalue weighted by atomic mass is 79.9. The zero-order valence-corrected chi connectivity index (χ0v) is 14.5. The molecule has 0 saturated carbocycles. The van der Waals surface area contributed by atoms with Crippen molar-refractivity contribution < 1.29 is 19.1 Å². The van der Waals surface area contributed by atoms with Crippen LogP contribution in [-0.4, -0.2) is 40.6 Å². The van der Waals surface area contributed by atoms with Gasteiger partial charge in [-0.3, -0.25) is 9.48 Å². The Kier molecular flexibility index (Phi) is 5.92. The molecule has 0 atom stereocenters. The van der Waals surface area contributed by atoms with E-state index in [1.807, 2.05) is 24.3 Å². The van der Waals surface area contributed by atoms with Crippen molar-refractivity contribution in [3.63, 3.8) is 0 Å². The minimum absolute atomic E-state index is 0.105. The van der Waals surface area contributed by atoms with Crippen molar-refractivity contribution in [2.75, 3.05) is 19.0 Å². The van der Waals surface area contributed by atoms with E-state index < -0.39 is 5.97 Å². The number of hydrogen-bond donors (Lipinski definition) is 0. The van der Waals surface area contributed by atoms with Crippen molar-refractivity contribution in [1.29, 1.82) is 0 Å². The van der Waals surface area contributed by atoms with Crippen LogP contribution in [0.5, 0.6) is 5.75 Å². The van der Waals surface area contributed by atoms with Gasteiger partial charge < -0.3 is 9.47 Å². The molecule has 6 nitrogen and oxygen atoms in total. The molecule has 0 spiro atoms. The Balaban J connectivity index is 2.33. The van der Waals surface area contributed by atoms with Crippen molar-refractivity contribution in [1.82, 2.24) is 9.78 Å². The molecule has 0 aliphatic heterocycles. The number of ketones is 1. The third kappa shape index (κ3) is 3.98. The fourth-order valence-electron chi connectivity index (χ4n) is 2.12. The number of esters is 1. The third-order valence-corrected chi connectivity index (χ3v) is 3.72. The third-order valence-electron chi connectivity index (χ3n) is 3.21. The molecule has 0 saturated heterocycles. The fourth-order valence-corrected chi connectivity index (χ4v) is 2.39. The minimum Gasteiger partial charge on any atom is -0.497 e. The topological polar surface area (TPSA) is 70.4 Å². The molecular formula is C16H17BrN2O4. The predicted octanol–water partition coefficient (Wildman–Crippen LogP) is 2.69. The Morgan fingerprint density at radius 1 is 1.26 bits per heavy atom. The highest BCUT2D eigenvalue weighted by Crippen LogP contribution is 2.17. The number of ether oxygens (including phenoxy) is 2. The van der Waals surface area contributed by atoms with Gasteiger partial charge in [0.25, 0.3) is 0 Å². The number of rotatable bonds is 7. The number of alkyl halides is 1. The first-order valence-corrected chi connectivity index (χ1v) is 8.17. The summed E-state index contributed by atoms with van der Waals surface area (Å²) in [6.45, 7) is 2.33. The Morgan fingerprint density at radius 3 is 2.52 bits per heavy atom. The SMILES string of the molecule is CCOC(=O)c1cnn(Cc2ccc(OC)cc2)c1C(=O)CBr. The van der Waals surface area contributed by atoms with Crippen LogP contribution in [0.3, 0.4) is 0 Å². The number of carbonyl (C=O) groups is 2. The molecule has 7 heteroatoms. The second kappa shape index (κ2) is 7.92. The zero-order chi connectivity index (χ0) is 16.8. The lowest BCUT2D eigenvalue weighted by Gasteiger charge is -2.08. The van der Waals surface area contributed by atoms with E-state index in [0.717, 1.165) is 11.3 Å². The van der Waals surface area contributed by atoms with Crippen LogP contribution in [0.4, 0.5) is 0 Å². The lowest BCUT2D eigenvalue weighted by atomic mass is 10.1. The number of aromatic nitrogens is 2. The number of halogens is 1. The summed E-state index contributed by atoms with van der Waals surface area (Å²) in [6, 6.07) is 7.42. The Labute approximate surface area is 142 Å². The van der Waals surface area contributed by atoms with E-state index in [0.29, 0.717) is 6.54 Å². The molecule has 0 bridgehead atoms. The molecule has 122 valence electrons. The molecule has 23 heavy (non-hydrogen) atoms. The van der Waals surface area contributed by atoms with Gasteiger partial charge in [0.1, 0.15) is 17.0 Å². The molecule has 2 aromatic rings. The van der Waals surface area contributed by atoms with E-state index in [1.165, 1.54) is 10.9 Å². The number of methoxy groups -OCH3 is 1. The van der Waals surface area contributed by atoms with Crippen molar-refractivity contribution >= 4 is 27.7 Å². The molecule has 0 unspecified atom stereocenters. The van der Waals surface area contributed by atoms with Crippen molar-refractivity contribution in [3.05, 3.63) is 47.3 Å². The van der Waals surface area contributed by atoms with Gasteiger partial charge in [-0.25, -0.2) is 4.79 Å². The van der Waals surface area contributed by atoms with Gasteiger partial charge in [-0.2, -0.15) is 5.10 Å². The second-order valence-corrected chi connectivity index (χ2v) is 5.25. The van der Waals surface area contributed by atoms with Crippen molar-refractivity contribution in [3.8, 4) is 5.75 Å². The summed E-state index contributed by atoms with van der Waals surface area (Å²) in [5, 5.41) is 4.27. The first-order chi connectivity index (χ1) is 11.1. The van der Waals surface area contributed by atoms with Crippen LogP contribution in [0.15, 0.2) is 30.5 Å². The van der Waals surface area contributed by atoms with Crippen LogP contribution in [0.2, 0.25) is 0 Å². The lowest BCUT2D eigenvalue weighted by molar-refractivity contribution is 0.0523. The maximum absolute atomic E-state index is 12.2. The Bertz CT molecular complexity index is 695. The highest BCUT2D eigenvalue weighted by molar-refractivity contribution is 9.09. The van der Waals surface area contributed by atoms with Crippen LogP contribution < -0.4 is 4.74 Å². The molecule has 1 aromatic carbocycles. The van der Waals surface area contributed by atoms with Gasteiger partial charge in [0.15, 0.2) is 5.78 Å². The smallest absolute Gasteiger partial charge is 0.342 e. The molecule has 1 aromatic heterocycles. The maximum Gasteiger partial charge on any atom is 0.342 e. The van der Waals surface area contributed by atoms with E-state index in [2.05, 4.69) is 21.0 Å². The summed E-state index contributed by atoms with van der Waals surface area (Å²) in [5.74, 6) is -0.0185. The number of nitrogens with zero attached hydrogens (tertiary/aromatic N) is 2. The number of carbonyl (C=O) groups excluding carboxylic acids is 2. The van der Waals surface area contributed by atoms with Gasteiger partial charge in [-0.15, -0.1) is 0 Å². The molecular weight excluding hydrogens is 364 g/mol. The van der Waals surface area contributed by atoms with Gasteiger partial charge in [-0.1, -0.05) is 28.1 Å². The lowest BCUT2D eigenvalue weighted by Crippen LogP contribution is -2.17. The number of Topliss-reactive ketones (excluding diaryl/α,β-unsaturated/α-hetero) is 1. The molecule has 2 rings (SSSR count). The van der Waals surface area contributed by atoms with Gasteiger partial charge in [0, 0.05) is 0 Å². The fraction of sp³-hybridized carbons (Fsp3) is 0.312. The monoisotopic (exact) mass is 380 g/mol. The summed E-state index contributed by atoms with van der Waals surface area (Å²) in [6.07, 6.45) is 1.37. The molecule has 0 aliphatic rings. The van der Waals surface area contributed by atoms with E-state index in [9.17, 15) is 9.59 Å². The molecule has 0 amide bonds. The zero-order valence-electron chi connectivity index (χ0n) is 12.9. The molecule has 0 fully saturated rings. The largest absolute Gasteiger partial charge is 0.497 e. The van der Waals surface area contributed by atoms with E-state index in [1.54, 1.807) is 14.0 Å². The standard InChI is InChI=1S/C16H17BrN2O4/c1-3-23-16(21)13-9-18-19(15(13)14(20)8-17)10-11-4-6-12(22-2)7-5-11/h4-7,9H,3,8,10H2,1-2H3. The molecule has 0 aliphatic carbocycles. The van der Waals surface area contributed by atoms with E-state index in [4.69, 9.17) is 9.47 Å². The predicted molar refractivity (Wildman–Crippen MR) is 88.4 cm³/mol. The maximum atomic E-state index is 12.2. The number of hydrogen-bond acceptors (Lipinski definition) is 5. The average molecular weight is 381 g/mol. The molecule has 0 radical (unpaired) electrons. The van der Waals surface area contributed by atoms with Crippen LogP contribution in [-0.2, 0) is 11.3 Å². The Morgan fingerprint density at radius 2 is 1.96 bits per heavy atom. The summed E-state index contributed by atoms with van der Waals surface area (Å²) >= 11 is 3.14. The van der Waals surface area contributed by atoms with Gasteiger partial charge >= 0.3 is 5.97 Å². The minimum atomic E-state index is -0.544. The Hall–Kier alpha value is -2.15. The summed E-state index contributed by atoms with van der Waals surface area (Å²) in [7, 11) is 1.60. The van der Waals surface area contributed by atoms with Crippen molar-refractivity contribution in [2.45, 2.75) is 13.5 Å². The van der Waals surface area contributed by atoms with E-state index >= 15 is 0 Å². The van der Waals surface area contributed by atoms with Crippen LogP contribution in [0, 0.1) is 0 Å². The quantitative estimate of drug-likeness (QED) is 0.419. The van der Waals surface area contributed by atoms with Crippen LogP contribution in [0.1, 0.15) is 33.3 Å². The van der Waals surface area contributed by atoms with E-state index in [-0.39, 0.29) is 29.0 Å². The van der Waals surface area contributed by atoms with Crippen molar-refractivity contribution in [2.24, 2.45) is 0 Å². The summed E-state index contributed by atoms with van der Waals surface area (Å²) in [4.78, 5) is 24.2. The van der Waals surface area contributed by atoms with Crippen LogP contribution >= 0.6 is 15.9 Å². The average Bonchev–Trinajstić information content (AvgIpc) is 2.98. The normalized spacial score (nSPS) is 10.4. The number of benzene rings is 1. The molecule has 0 N–H and O–H groups in total. The van der Waals surface area contributed by atoms with Gasteiger partial charge in [0.2, 0.25) is 0 Å². The van der Waals surface area contributed by atoms with Gasteiger partial charge in [-0.05, 0) is 24.6 Å². The first-order valence-electron chi connectivity index (χ1n) is 7.05. The first kappa shape index (κ1) is 17.2. The summed E-state index contributed by atoms with van der Waals surface area (Å²) < 4.78 is 11.6. The molecule has 1 heterocycles. The van der Waals surface area contributed by atoms with Crippen LogP contribution in [0.25, 0.3) is 0 Å². The second-order valence-electron chi connectivity index (χ2n) is 4.69. The highest BCUT2D eigenvalue weighted by Gasteiger charge is 2.23. The summed E-state index contributed by atoms with van der Waals surface area (Å²) in [5.41, 5.74) is 1.37. The van der Waals surface area contributed by atoms with Gasteiger partial charge in [0.05, 0.1) is 31.8 Å².